The van der Waals surface area contributed by atoms with Crippen LogP contribution in [-0.2, 0) is 0 Å². The van der Waals surface area contributed by atoms with Gasteiger partial charge in [-0.1, -0.05) is 80.4 Å². The van der Waals surface area contributed by atoms with Crippen molar-refractivity contribution in [3.05, 3.63) is 42.0 Å². The Hall–Kier alpha value is -0.720. The van der Waals surface area contributed by atoms with Crippen LogP contribution in [0.25, 0.3) is 6.08 Å². The number of thioether (sulfide) groups is 1. The Morgan fingerprint density at radius 2 is 1.70 bits per heavy atom. The molecule has 0 bridgehead atoms. The average molecular weight is 477 g/mol. The number of hydrogen-bond donors (Lipinski definition) is 1. The van der Waals surface area contributed by atoms with E-state index in [4.69, 9.17) is 0 Å². The fraction of sp³-hybridized carbons (Fsp3) is 0.609. The summed E-state index contributed by atoms with van der Waals surface area (Å²) in [6.07, 6.45) is 10.4. The summed E-state index contributed by atoms with van der Waals surface area (Å²) < 4.78 is 0. The van der Waals surface area contributed by atoms with Crippen molar-refractivity contribution in [1.29, 1.82) is 0 Å². The maximum absolute atomic E-state index is 11.8. The van der Waals surface area contributed by atoms with Crippen molar-refractivity contribution < 1.29 is 4.79 Å². The predicted molar refractivity (Wildman–Crippen MR) is 137 cm³/mol. The Morgan fingerprint density at radius 3 is 2.40 bits per heavy atom. The van der Waals surface area contributed by atoms with E-state index in [1.54, 1.807) is 0 Å². The number of nitrogens with one attached hydrogen (secondary N) is 1. The molecule has 1 aliphatic rings. The van der Waals surface area contributed by atoms with Gasteiger partial charge in [0.2, 0.25) is 0 Å². The zero-order chi connectivity index (χ0) is 19.9. The zero-order valence-corrected chi connectivity index (χ0v) is 20.7. The second-order valence-corrected chi connectivity index (χ2v) is 8.50. The van der Waals surface area contributed by atoms with Gasteiger partial charge < -0.3 is 10.2 Å². The quantitative estimate of drug-likeness (QED) is 0.400. The molecule has 4 nitrogen and oxygen atoms in total. The molecule has 0 atom stereocenters. The number of nitrogens with zero attached hydrogens (tertiary/aromatic N) is 2. The summed E-state index contributed by atoms with van der Waals surface area (Å²) in [5.74, 6) is 0.917. The van der Waals surface area contributed by atoms with Gasteiger partial charge in [-0.15, -0.1) is 24.8 Å². The van der Waals surface area contributed by atoms with Crippen molar-refractivity contribution in [3.63, 3.8) is 0 Å². The van der Waals surface area contributed by atoms with Crippen molar-refractivity contribution in [2.24, 2.45) is 0 Å². The number of hydrogen-bond acceptors (Lipinski definition) is 4. The monoisotopic (exact) mass is 475 g/mol. The molecule has 7 heteroatoms. The highest BCUT2D eigenvalue weighted by Gasteiger charge is 2.15. The van der Waals surface area contributed by atoms with Crippen LogP contribution in [0.4, 0.5) is 4.79 Å². The van der Waals surface area contributed by atoms with E-state index in [0.29, 0.717) is 0 Å². The van der Waals surface area contributed by atoms with E-state index in [-0.39, 0.29) is 30.1 Å². The van der Waals surface area contributed by atoms with Gasteiger partial charge in [0.05, 0.1) is 0 Å². The standard InChI is InChI=1S/C23H37N3OS.2ClH/c1-2-3-4-8-14-24-23(27)28-21-10-16-26-19-17-25(18-20-26)15-9-13-22-11-6-5-7-12-22;;/h5-7,9,11-13H,2-4,8,10,14-21H2,1H3,(H,24,27);2*1H/b13-9+;;. The van der Waals surface area contributed by atoms with Crippen molar-refractivity contribution >= 4 is 47.9 Å². The van der Waals surface area contributed by atoms with Crippen LogP contribution in [0.15, 0.2) is 36.4 Å². The number of piperazine rings is 1. The fourth-order valence-electron chi connectivity index (χ4n) is 3.34. The summed E-state index contributed by atoms with van der Waals surface area (Å²) in [7, 11) is 0. The van der Waals surface area contributed by atoms with Crippen molar-refractivity contribution in [2.45, 2.75) is 39.0 Å². The van der Waals surface area contributed by atoms with E-state index in [9.17, 15) is 4.79 Å². The lowest BCUT2D eigenvalue weighted by Gasteiger charge is -2.34. The molecule has 1 aliphatic heterocycles. The highest BCUT2D eigenvalue weighted by atomic mass is 35.5. The van der Waals surface area contributed by atoms with Gasteiger partial charge in [0, 0.05) is 45.0 Å². The van der Waals surface area contributed by atoms with E-state index in [1.165, 1.54) is 36.6 Å². The molecule has 0 unspecified atom stereocenters. The third-order valence-corrected chi connectivity index (χ3v) is 5.99. The van der Waals surface area contributed by atoms with Gasteiger partial charge in [-0.3, -0.25) is 9.69 Å². The molecule has 2 rings (SSSR count). The van der Waals surface area contributed by atoms with Crippen LogP contribution in [0.3, 0.4) is 0 Å². The maximum Gasteiger partial charge on any atom is 0.279 e. The third-order valence-electron chi connectivity index (χ3n) is 5.09. The lowest BCUT2D eigenvalue weighted by molar-refractivity contribution is 0.143. The smallest absolute Gasteiger partial charge is 0.279 e. The van der Waals surface area contributed by atoms with Crippen LogP contribution in [0, 0.1) is 0 Å². The second kappa shape index (κ2) is 19.0. The van der Waals surface area contributed by atoms with Gasteiger partial charge in [-0.25, -0.2) is 0 Å². The molecule has 0 aromatic heterocycles. The Bertz CT molecular complexity index is 567. The van der Waals surface area contributed by atoms with Gasteiger partial charge in [-0.05, 0) is 24.9 Å². The molecule has 0 spiro atoms. The topological polar surface area (TPSA) is 35.6 Å². The van der Waals surface area contributed by atoms with Crippen LogP contribution in [0.1, 0.15) is 44.6 Å². The molecule has 1 N–H and O–H groups in total. The van der Waals surface area contributed by atoms with Crippen LogP contribution < -0.4 is 5.32 Å². The minimum Gasteiger partial charge on any atom is -0.347 e. The van der Waals surface area contributed by atoms with Crippen LogP contribution >= 0.6 is 36.6 Å². The molecule has 1 heterocycles. The molecule has 0 saturated carbocycles. The highest BCUT2D eigenvalue weighted by Crippen LogP contribution is 2.08. The zero-order valence-electron chi connectivity index (χ0n) is 18.3. The summed E-state index contributed by atoms with van der Waals surface area (Å²) in [6, 6.07) is 10.5. The Balaban J connectivity index is 0.00000420. The first-order chi connectivity index (χ1) is 13.8. The molecule has 30 heavy (non-hydrogen) atoms. The van der Waals surface area contributed by atoms with Gasteiger partial charge in [0.15, 0.2) is 0 Å². The third kappa shape index (κ3) is 13.6. The summed E-state index contributed by atoms with van der Waals surface area (Å²) in [5, 5.41) is 3.16. The number of rotatable bonds is 12. The lowest BCUT2D eigenvalue weighted by atomic mass is 10.2. The number of carbonyl (C=O) groups excluding carboxylic acids is 1. The number of halogens is 2. The molecule has 0 aliphatic carbocycles. The number of carbonyl (C=O) groups is 1. The average Bonchev–Trinajstić information content (AvgIpc) is 2.73. The summed E-state index contributed by atoms with van der Waals surface area (Å²) >= 11 is 1.44. The van der Waals surface area contributed by atoms with Crippen molar-refractivity contribution in [2.75, 3.05) is 51.6 Å². The molecule has 1 aromatic rings. The highest BCUT2D eigenvalue weighted by molar-refractivity contribution is 8.13. The Morgan fingerprint density at radius 1 is 1.00 bits per heavy atom. The number of amides is 1. The lowest BCUT2D eigenvalue weighted by Crippen LogP contribution is -2.46. The first-order valence-electron chi connectivity index (χ1n) is 10.8. The van der Waals surface area contributed by atoms with Crippen molar-refractivity contribution in [3.8, 4) is 0 Å². The van der Waals surface area contributed by atoms with Crippen molar-refractivity contribution in [1.82, 2.24) is 15.1 Å². The van der Waals surface area contributed by atoms with E-state index in [1.807, 2.05) is 0 Å². The minimum atomic E-state index is 0. The first-order valence-corrected chi connectivity index (χ1v) is 11.8. The van der Waals surface area contributed by atoms with Gasteiger partial charge in [-0.2, -0.15) is 0 Å². The first kappa shape index (κ1) is 29.3. The second-order valence-electron chi connectivity index (χ2n) is 7.43. The van der Waals surface area contributed by atoms with Gasteiger partial charge in [0.1, 0.15) is 0 Å². The molecule has 1 aromatic carbocycles. The largest absolute Gasteiger partial charge is 0.347 e. The molecule has 1 saturated heterocycles. The van der Waals surface area contributed by atoms with Crippen LogP contribution in [0.5, 0.6) is 0 Å². The molecular formula is C23H39Cl2N3OS. The van der Waals surface area contributed by atoms with E-state index in [0.717, 1.165) is 64.4 Å². The predicted octanol–water partition coefficient (Wildman–Crippen LogP) is 5.57. The fourth-order valence-corrected chi connectivity index (χ4v) is 4.01. The van der Waals surface area contributed by atoms with Crippen LogP contribution in [0.2, 0.25) is 0 Å². The number of unbranched alkanes of at least 4 members (excludes halogenated alkanes) is 3. The molecule has 0 radical (unpaired) electrons. The summed E-state index contributed by atoms with van der Waals surface area (Å²) in [5.41, 5.74) is 1.27. The maximum atomic E-state index is 11.8. The SMILES string of the molecule is CCCCCCNC(=O)SCCCN1CCN(C/C=C/c2ccccc2)CC1.Cl.Cl. The molecular weight excluding hydrogens is 437 g/mol. The van der Waals surface area contributed by atoms with E-state index in [2.05, 4.69) is 64.5 Å². The van der Waals surface area contributed by atoms with E-state index >= 15 is 0 Å². The van der Waals surface area contributed by atoms with Gasteiger partial charge in [0.25, 0.3) is 5.24 Å². The van der Waals surface area contributed by atoms with Crippen LogP contribution in [-0.4, -0.2) is 66.6 Å². The molecule has 1 amide bonds. The van der Waals surface area contributed by atoms with E-state index < -0.39 is 0 Å². The summed E-state index contributed by atoms with van der Waals surface area (Å²) in [6.45, 7) is 9.68. The normalized spacial score (nSPS) is 14.8. The molecule has 1 fully saturated rings. The summed E-state index contributed by atoms with van der Waals surface area (Å²) in [4.78, 5) is 16.8. The van der Waals surface area contributed by atoms with Gasteiger partial charge >= 0.3 is 0 Å². The molecule has 172 valence electrons. The number of benzene rings is 1. The Kier molecular flexibility index (Phi) is 18.5. The Labute approximate surface area is 200 Å². The minimum absolute atomic E-state index is 0.